The molecule has 0 saturated heterocycles. The van der Waals surface area contributed by atoms with Crippen LogP contribution in [-0.2, 0) is 6.54 Å². The van der Waals surface area contributed by atoms with Gasteiger partial charge in [-0.2, -0.15) is 4.98 Å². The van der Waals surface area contributed by atoms with Crippen LogP contribution in [0.25, 0.3) is 11.4 Å². The molecule has 0 fully saturated rings. The quantitative estimate of drug-likeness (QED) is 0.322. The van der Waals surface area contributed by atoms with E-state index >= 15 is 0 Å². The molecule has 31 heavy (non-hydrogen) atoms. The molecule has 156 valence electrons. The van der Waals surface area contributed by atoms with Crippen molar-refractivity contribution >= 4 is 17.3 Å². The van der Waals surface area contributed by atoms with Crippen LogP contribution in [0.4, 0.5) is 17.3 Å². The van der Waals surface area contributed by atoms with Gasteiger partial charge >= 0.3 is 0 Å². The van der Waals surface area contributed by atoms with Gasteiger partial charge in [-0.3, -0.25) is 0 Å². The van der Waals surface area contributed by atoms with E-state index in [1.54, 1.807) is 0 Å². The molecule has 0 aliphatic rings. The first kappa shape index (κ1) is 20.5. The summed E-state index contributed by atoms with van der Waals surface area (Å²) in [4.78, 5) is 6.94. The Balaban J connectivity index is 1.60. The highest BCUT2D eigenvalue weighted by Gasteiger charge is 2.12. The third-order valence-electron chi connectivity index (χ3n) is 5.10. The molecule has 0 aliphatic carbocycles. The summed E-state index contributed by atoms with van der Waals surface area (Å²) in [6, 6.07) is 28.3. The highest BCUT2D eigenvalue weighted by molar-refractivity contribution is 5.56. The van der Waals surface area contributed by atoms with Crippen LogP contribution < -0.4 is 4.90 Å². The summed E-state index contributed by atoms with van der Waals surface area (Å²) < 4.78 is 1.88. The van der Waals surface area contributed by atoms with Crippen molar-refractivity contribution in [2.45, 2.75) is 20.4 Å². The minimum Gasteiger partial charge on any atom is -0.372 e. The molecule has 0 unspecified atom stereocenters. The minimum atomic E-state index is 0.350. The molecule has 4 rings (SSSR count). The van der Waals surface area contributed by atoms with Crippen molar-refractivity contribution in [2.75, 3.05) is 18.0 Å². The molecule has 1 heterocycles. The molecular weight excluding hydrogens is 384 g/mol. The van der Waals surface area contributed by atoms with Crippen molar-refractivity contribution < 1.29 is 0 Å². The van der Waals surface area contributed by atoms with E-state index in [1.807, 2.05) is 65.3 Å². The molecular formula is C25H26N6. The Hall–Kier alpha value is -3.80. The molecule has 0 atom stereocenters. The van der Waals surface area contributed by atoms with Gasteiger partial charge in [0.2, 0.25) is 0 Å². The lowest BCUT2D eigenvalue weighted by Crippen LogP contribution is -2.21. The Bertz CT molecular complexity index is 1110. The van der Waals surface area contributed by atoms with Gasteiger partial charge in [0.25, 0.3) is 5.95 Å². The molecule has 1 aromatic heterocycles. The van der Waals surface area contributed by atoms with Crippen molar-refractivity contribution in [3.8, 4) is 11.4 Å². The Kier molecular flexibility index (Phi) is 6.47. The minimum absolute atomic E-state index is 0.350. The Labute approximate surface area is 182 Å². The smallest absolute Gasteiger partial charge is 0.287 e. The summed E-state index contributed by atoms with van der Waals surface area (Å²) in [7, 11) is 0. The summed E-state index contributed by atoms with van der Waals surface area (Å²) >= 11 is 0. The van der Waals surface area contributed by atoms with Gasteiger partial charge in [0.15, 0.2) is 5.82 Å². The largest absolute Gasteiger partial charge is 0.372 e. The van der Waals surface area contributed by atoms with E-state index < -0.39 is 0 Å². The molecule has 0 amide bonds. The van der Waals surface area contributed by atoms with Crippen LogP contribution >= 0.6 is 0 Å². The number of azo groups is 1. The first-order valence-electron chi connectivity index (χ1n) is 10.6. The van der Waals surface area contributed by atoms with Gasteiger partial charge in [-0.1, -0.05) is 60.7 Å². The van der Waals surface area contributed by atoms with Crippen molar-refractivity contribution in [3.05, 3.63) is 90.5 Å². The molecule has 0 radical (unpaired) electrons. The molecule has 0 spiro atoms. The topological polar surface area (TPSA) is 58.7 Å². The van der Waals surface area contributed by atoms with Crippen molar-refractivity contribution in [3.63, 3.8) is 0 Å². The maximum absolute atomic E-state index is 4.65. The van der Waals surface area contributed by atoms with Gasteiger partial charge in [-0.05, 0) is 43.7 Å². The van der Waals surface area contributed by atoms with E-state index in [4.69, 9.17) is 0 Å². The molecule has 0 saturated carbocycles. The summed E-state index contributed by atoms with van der Waals surface area (Å²) in [5, 5.41) is 13.3. The van der Waals surface area contributed by atoms with Gasteiger partial charge in [0, 0.05) is 24.3 Å². The monoisotopic (exact) mass is 410 g/mol. The van der Waals surface area contributed by atoms with E-state index in [1.165, 1.54) is 5.69 Å². The summed E-state index contributed by atoms with van der Waals surface area (Å²) in [6.45, 7) is 6.87. The maximum Gasteiger partial charge on any atom is 0.287 e. The van der Waals surface area contributed by atoms with Crippen molar-refractivity contribution in [1.82, 2.24) is 14.8 Å². The average Bonchev–Trinajstić information content (AvgIpc) is 3.23. The molecule has 0 bridgehead atoms. The molecule has 4 aromatic rings. The second kappa shape index (κ2) is 9.80. The van der Waals surface area contributed by atoms with Crippen LogP contribution in [0.2, 0.25) is 0 Å². The van der Waals surface area contributed by atoms with Gasteiger partial charge in [0.05, 0.1) is 12.2 Å². The van der Waals surface area contributed by atoms with Crippen LogP contribution in [0.1, 0.15) is 19.4 Å². The lowest BCUT2D eigenvalue weighted by Gasteiger charge is -2.20. The Morgan fingerprint density at radius 1 is 0.774 bits per heavy atom. The van der Waals surface area contributed by atoms with Crippen LogP contribution in [-0.4, -0.2) is 27.9 Å². The SMILES string of the molecule is CCN(CC)c1ccc(N=Nc2nc(-c3ccccc3)n(Cc3ccccc3)n2)cc1. The number of hydrogen-bond acceptors (Lipinski definition) is 5. The number of hydrogen-bond donors (Lipinski definition) is 0. The van der Waals surface area contributed by atoms with Crippen LogP contribution in [0.3, 0.4) is 0 Å². The second-order valence-corrected chi connectivity index (χ2v) is 7.13. The normalized spacial score (nSPS) is 11.2. The fraction of sp³-hybridized carbons (Fsp3) is 0.200. The maximum atomic E-state index is 4.65. The molecule has 3 aromatic carbocycles. The zero-order chi connectivity index (χ0) is 21.5. The van der Waals surface area contributed by atoms with E-state index in [0.717, 1.165) is 35.7 Å². The van der Waals surface area contributed by atoms with Crippen molar-refractivity contribution in [1.29, 1.82) is 0 Å². The Morgan fingerprint density at radius 2 is 1.42 bits per heavy atom. The van der Waals surface area contributed by atoms with E-state index in [2.05, 4.69) is 63.3 Å². The third kappa shape index (κ3) is 5.04. The zero-order valence-corrected chi connectivity index (χ0v) is 17.9. The number of nitrogens with zero attached hydrogens (tertiary/aromatic N) is 6. The van der Waals surface area contributed by atoms with E-state index in [0.29, 0.717) is 12.5 Å². The first-order chi connectivity index (χ1) is 15.3. The van der Waals surface area contributed by atoms with Gasteiger partial charge in [-0.25, -0.2) is 4.68 Å². The van der Waals surface area contributed by atoms with Gasteiger partial charge in [-0.15, -0.1) is 15.3 Å². The summed E-state index contributed by atoms with van der Waals surface area (Å²) in [5.74, 6) is 1.12. The standard InChI is InChI=1S/C25H26N6/c1-3-30(4-2)23-17-15-22(16-18-23)27-28-25-26-24(21-13-9-6-10-14-21)31(29-25)19-20-11-7-5-8-12-20/h5-18H,3-4,19H2,1-2H3. The number of anilines is 1. The Morgan fingerprint density at radius 3 is 2.06 bits per heavy atom. The van der Waals surface area contributed by atoms with Crippen LogP contribution in [0.15, 0.2) is 95.2 Å². The molecule has 0 N–H and O–H groups in total. The number of aromatic nitrogens is 3. The highest BCUT2D eigenvalue weighted by Crippen LogP contribution is 2.24. The lowest BCUT2D eigenvalue weighted by atomic mass is 10.2. The van der Waals surface area contributed by atoms with Crippen LogP contribution in [0, 0.1) is 0 Å². The fourth-order valence-electron chi connectivity index (χ4n) is 3.46. The molecule has 6 heteroatoms. The predicted molar refractivity (Wildman–Crippen MR) is 125 cm³/mol. The summed E-state index contributed by atoms with van der Waals surface area (Å²) in [6.07, 6.45) is 0. The first-order valence-corrected chi connectivity index (χ1v) is 10.6. The predicted octanol–water partition coefficient (Wildman–Crippen LogP) is 6.26. The summed E-state index contributed by atoms with van der Waals surface area (Å²) in [5.41, 5.74) is 4.10. The van der Waals surface area contributed by atoms with Crippen LogP contribution in [0.5, 0.6) is 0 Å². The third-order valence-corrected chi connectivity index (χ3v) is 5.10. The number of rotatable bonds is 8. The lowest BCUT2D eigenvalue weighted by molar-refractivity contribution is 0.693. The van der Waals surface area contributed by atoms with E-state index in [-0.39, 0.29) is 0 Å². The highest BCUT2D eigenvalue weighted by atomic mass is 15.4. The van der Waals surface area contributed by atoms with E-state index in [9.17, 15) is 0 Å². The average molecular weight is 411 g/mol. The fourth-order valence-corrected chi connectivity index (χ4v) is 3.46. The van der Waals surface area contributed by atoms with Crippen molar-refractivity contribution in [2.24, 2.45) is 10.2 Å². The van der Waals surface area contributed by atoms with Gasteiger partial charge < -0.3 is 4.90 Å². The number of benzene rings is 3. The molecule has 0 aliphatic heterocycles. The molecule has 6 nitrogen and oxygen atoms in total. The van der Waals surface area contributed by atoms with Gasteiger partial charge in [0.1, 0.15) is 0 Å². The second-order valence-electron chi connectivity index (χ2n) is 7.13. The zero-order valence-electron chi connectivity index (χ0n) is 17.9.